The molecule has 1 atom stereocenters. The zero-order valence-corrected chi connectivity index (χ0v) is 10.7. The van der Waals surface area contributed by atoms with E-state index in [-0.39, 0.29) is 0 Å². The number of nitrogens with one attached hydrogen (secondary N) is 1. The highest BCUT2D eigenvalue weighted by Crippen LogP contribution is 2.29. The van der Waals surface area contributed by atoms with Crippen molar-refractivity contribution in [3.05, 3.63) is 42.0 Å². The molecule has 0 bridgehead atoms. The molecule has 19 heavy (non-hydrogen) atoms. The minimum absolute atomic E-state index is 0.611. The van der Waals surface area contributed by atoms with E-state index >= 15 is 0 Å². The maximum Gasteiger partial charge on any atom is 0.124 e. The molecule has 3 heterocycles. The second kappa shape index (κ2) is 5.07. The van der Waals surface area contributed by atoms with Gasteiger partial charge in [-0.05, 0) is 24.5 Å². The van der Waals surface area contributed by atoms with E-state index in [1.165, 1.54) is 5.56 Å². The average molecular weight is 259 g/mol. The van der Waals surface area contributed by atoms with E-state index in [2.05, 4.69) is 31.4 Å². The summed E-state index contributed by atoms with van der Waals surface area (Å²) < 4.78 is 0. The Bertz CT molecular complexity index is 515. The third-order valence-electron chi connectivity index (χ3n) is 3.66. The Morgan fingerprint density at radius 2 is 2.37 bits per heavy atom. The molecule has 0 spiro atoms. The van der Waals surface area contributed by atoms with Gasteiger partial charge in [0.25, 0.3) is 0 Å². The summed E-state index contributed by atoms with van der Waals surface area (Å²) in [5.41, 5.74) is 0.998. The standard InChI is InChI=1S/C13H17N5O/c19-13(12-9-15-17-16-12)4-7-18(10-13)6-3-11-2-1-5-14-8-11/h1-2,5,8-9,19H,3-4,6-7,10H2,(H,15,16,17). The molecular formula is C13H17N5O. The Morgan fingerprint density at radius 3 is 3.11 bits per heavy atom. The smallest absolute Gasteiger partial charge is 0.124 e. The molecular weight excluding hydrogens is 242 g/mol. The molecule has 1 fully saturated rings. The molecule has 1 saturated heterocycles. The van der Waals surface area contributed by atoms with E-state index in [1.54, 1.807) is 12.4 Å². The van der Waals surface area contributed by atoms with Gasteiger partial charge in [-0.1, -0.05) is 6.07 Å². The SMILES string of the molecule is OC1(c2cn[nH]n2)CCN(CCc2cccnc2)C1. The molecule has 0 aromatic carbocycles. The molecule has 1 aliphatic rings. The van der Waals surface area contributed by atoms with Crippen LogP contribution < -0.4 is 0 Å². The third kappa shape index (κ3) is 2.64. The molecule has 2 N–H and O–H groups in total. The molecule has 100 valence electrons. The first-order chi connectivity index (χ1) is 9.26. The normalized spacial score (nSPS) is 23.8. The quantitative estimate of drug-likeness (QED) is 0.827. The van der Waals surface area contributed by atoms with Gasteiger partial charge in [0.2, 0.25) is 0 Å². The second-order valence-electron chi connectivity index (χ2n) is 5.02. The van der Waals surface area contributed by atoms with Gasteiger partial charge in [-0.2, -0.15) is 15.4 Å². The van der Waals surface area contributed by atoms with Gasteiger partial charge < -0.3 is 5.11 Å². The van der Waals surface area contributed by atoms with Crippen LogP contribution in [0.4, 0.5) is 0 Å². The van der Waals surface area contributed by atoms with Gasteiger partial charge in [-0.3, -0.25) is 9.88 Å². The molecule has 2 aromatic heterocycles. The monoisotopic (exact) mass is 259 g/mol. The number of hydrogen-bond donors (Lipinski definition) is 2. The lowest BCUT2D eigenvalue weighted by molar-refractivity contribution is 0.0418. The lowest BCUT2D eigenvalue weighted by Gasteiger charge is -2.20. The Balaban J connectivity index is 1.58. The molecule has 6 heteroatoms. The number of rotatable bonds is 4. The topological polar surface area (TPSA) is 77.9 Å². The highest BCUT2D eigenvalue weighted by atomic mass is 16.3. The molecule has 0 amide bonds. The van der Waals surface area contributed by atoms with Gasteiger partial charge in [0.05, 0.1) is 6.20 Å². The molecule has 0 radical (unpaired) electrons. The van der Waals surface area contributed by atoms with Gasteiger partial charge >= 0.3 is 0 Å². The fraction of sp³-hybridized carbons (Fsp3) is 0.462. The number of aromatic nitrogens is 4. The van der Waals surface area contributed by atoms with E-state index in [0.29, 0.717) is 18.7 Å². The Hall–Kier alpha value is -1.79. The van der Waals surface area contributed by atoms with Crippen molar-refractivity contribution in [1.82, 2.24) is 25.3 Å². The number of β-amino-alcohol motifs (C(OH)–C–C–N with tert-alkyl or cyclic N) is 1. The van der Waals surface area contributed by atoms with Gasteiger partial charge in [-0.15, -0.1) is 0 Å². The van der Waals surface area contributed by atoms with Crippen molar-refractivity contribution in [1.29, 1.82) is 0 Å². The van der Waals surface area contributed by atoms with Crippen molar-refractivity contribution in [3.63, 3.8) is 0 Å². The summed E-state index contributed by atoms with van der Waals surface area (Å²) in [6.07, 6.45) is 6.92. The van der Waals surface area contributed by atoms with E-state index in [1.807, 2.05) is 12.3 Å². The molecule has 0 saturated carbocycles. The fourth-order valence-corrected chi connectivity index (χ4v) is 2.53. The van der Waals surface area contributed by atoms with Gasteiger partial charge in [0.1, 0.15) is 11.3 Å². The highest BCUT2D eigenvalue weighted by molar-refractivity contribution is 5.12. The summed E-state index contributed by atoms with van der Waals surface area (Å²) in [7, 11) is 0. The van der Waals surface area contributed by atoms with E-state index in [0.717, 1.165) is 19.5 Å². The lowest BCUT2D eigenvalue weighted by Crippen LogP contribution is -2.32. The number of likely N-dealkylation sites (tertiary alicyclic amines) is 1. The van der Waals surface area contributed by atoms with Crippen LogP contribution in [0.3, 0.4) is 0 Å². The Morgan fingerprint density at radius 1 is 1.42 bits per heavy atom. The lowest BCUT2D eigenvalue weighted by atomic mass is 10.00. The van der Waals surface area contributed by atoms with Crippen LogP contribution in [0.15, 0.2) is 30.7 Å². The van der Waals surface area contributed by atoms with Crippen LogP contribution in [0.1, 0.15) is 17.7 Å². The van der Waals surface area contributed by atoms with Crippen molar-refractivity contribution in [2.24, 2.45) is 0 Å². The summed E-state index contributed by atoms with van der Waals surface area (Å²) in [5.74, 6) is 0. The molecule has 6 nitrogen and oxygen atoms in total. The molecule has 3 rings (SSSR count). The first kappa shape index (κ1) is 12.3. The summed E-state index contributed by atoms with van der Waals surface area (Å²) in [6, 6.07) is 4.03. The summed E-state index contributed by atoms with van der Waals surface area (Å²) in [5, 5.41) is 20.9. The van der Waals surface area contributed by atoms with E-state index in [4.69, 9.17) is 0 Å². The Labute approximate surface area is 111 Å². The van der Waals surface area contributed by atoms with Crippen LogP contribution in [0.2, 0.25) is 0 Å². The minimum atomic E-state index is -0.859. The highest BCUT2D eigenvalue weighted by Gasteiger charge is 2.39. The molecule has 1 aliphatic heterocycles. The third-order valence-corrected chi connectivity index (χ3v) is 3.66. The zero-order valence-electron chi connectivity index (χ0n) is 10.7. The van der Waals surface area contributed by atoms with Crippen LogP contribution in [0.25, 0.3) is 0 Å². The van der Waals surface area contributed by atoms with Crippen LogP contribution in [0.5, 0.6) is 0 Å². The zero-order chi connectivity index (χ0) is 13.1. The Kier molecular flexibility index (Phi) is 3.27. The number of aromatic amines is 1. The van der Waals surface area contributed by atoms with Crippen molar-refractivity contribution in [2.45, 2.75) is 18.4 Å². The summed E-state index contributed by atoms with van der Waals surface area (Å²) >= 11 is 0. The van der Waals surface area contributed by atoms with Crippen molar-refractivity contribution < 1.29 is 5.11 Å². The number of aliphatic hydroxyl groups is 1. The van der Waals surface area contributed by atoms with Crippen LogP contribution in [-0.4, -0.2) is 50.0 Å². The predicted octanol–water partition coefficient (Wildman–Crippen LogP) is 0.336. The summed E-state index contributed by atoms with van der Waals surface area (Å²) in [4.78, 5) is 6.36. The van der Waals surface area contributed by atoms with Gasteiger partial charge in [-0.25, -0.2) is 0 Å². The maximum atomic E-state index is 10.5. The minimum Gasteiger partial charge on any atom is -0.382 e. The number of H-pyrrole nitrogens is 1. The number of nitrogens with zero attached hydrogens (tertiary/aromatic N) is 4. The molecule has 0 aliphatic carbocycles. The van der Waals surface area contributed by atoms with Gasteiger partial charge in [0, 0.05) is 32.0 Å². The van der Waals surface area contributed by atoms with E-state index < -0.39 is 5.60 Å². The second-order valence-corrected chi connectivity index (χ2v) is 5.02. The van der Waals surface area contributed by atoms with Crippen molar-refractivity contribution >= 4 is 0 Å². The van der Waals surface area contributed by atoms with Crippen molar-refractivity contribution in [2.75, 3.05) is 19.6 Å². The number of hydrogen-bond acceptors (Lipinski definition) is 5. The van der Waals surface area contributed by atoms with Crippen LogP contribution in [-0.2, 0) is 12.0 Å². The molecule has 2 aromatic rings. The maximum absolute atomic E-state index is 10.5. The van der Waals surface area contributed by atoms with Crippen LogP contribution in [0, 0.1) is 0 Å². The summed E-state index contributed by atoms with van der Waals surface area (Å²) in [6.45, 7) is 2.41. The average Bonchev–Trinajstić information content (AvgIpc) is 3.08. The largest absolute Gasteiger partial charge is 0.382 e. The first-order valence-corrected chi connectivity index (χ1v) is 6.46. The number of pyridine rings is 1. The van der Waals surface area contributed by atoms with E-state index in [9.17, 15) is 5.11 Å². The fourth-order valence-electron chi connectivity index (χ4n) is 2.53. The van der Waals surface area contributed by atoms with Crippen molar-refractivity contribution in [3.8, 4) is 0 Å². The molecule has 1 unspecified atom stereocenters. The first-order valence-electron chi connectivity index (χ1n) is 6.46. The van der Waals surface area contributed by atoms with Crippen LogP contribution >= 0.6 is 0 Å². The van der Waals surface area contributed by atoms with Gasteiger partial charge in [0.15, 0.2) is 0 Å². The predicted molar refractivity (Wildman–Crippen MR) is 69.3 cm³/mol.